The van der Waals surface area contributed by atoms with Gasteiger partial charge in [-0.1, -0.05) is 6.07 Å². The van der Waals surface area contributed by atoms with Crippen molar-refractivity contribution in [1.82, 2.24) is 4.90 Å². The number of aliphatic hydroxyl groups excluding tert-OH is 1. The monoisotopic (exact) mass is 292 g/mol. The molecule has 0 aliphatic carbocycles. The summed E-state index contributed by atoms with van der Waals surface area (Å²) in [5.74, 6) is 0.912. The number of carbonyl (C=O) groups is 1. The molecule has 1 aromatic carbocycles. The molecule has 0 bridgehead atoms. The van der Waals surface area contributed by atoms with E-state index in [2.05, 4.69) is 5.32 Å². The van der Waals surface area contributed by atoms with Crippen LogP contribution in [0.1, 0.15) is 26.7 Å². The third-order valence-electron chi connectivity index (χ3n) is 3.82. The second kappa shape index (κ2) is 7.31. The van der Waals surface area contributed by atoms with Crippen LogP contribution >= 0.6 is 0 Å². The first-order valence-electron chi connectivity index (χ1n) is 7.57. The van der Waals surface area contributed by atoms with E-state index in [1.54, 1.807) is 11.8 Å². The number of aliphatic hydroxyl groups is 1. The molecule has 1 saturated heterocycles. The number of anilines is 1. The molecule has 0 spiro atoms. The Bertz CT molecular complexity index is 476. The molecule has 1 fully saturated rings. The topological polar surface area (TPSA) is 61.8 Å². The molecule has 1 aromatic rings. The number of nitrogens with one attached hydrogen (secondary N) is 1. The Kier molecular flexibility index (Phi) is 5.44. The minimum Gasteiger partial charge on any atom is -0.494 e. The van der Waals surface area contributed by atoms with E-state index in [0.717, 1.165) is 30.8 Å². The lowest BCUT2D eigenvalue weighted by Crippen LogP contribution is -2.44. The third-order valence-corrected chi connectivity index (χ3v) is 3.82. The van der Waals surface area contributed by atoms with Crippen molar-refractivity contribution in [1.29, 1.82) is 0 Å². The molecule has 0 radical (unpaired) electrons. The van der Waals surface area contributed by atoms with Crippen molar-refractivity contribution in [3.63, 3.8) is 0 Å². The fourth-order valence-electron chi connectivity index (χ4n) is 2.62. The fraction of sp³-hybridized carbons (Fsp3) is 0.562. The first-order valence-corrected chi connectivity index (χ1v) is 7.57. The standard InChI is InChI=1S/C16H24N2O3/c1-3-21-15-8-4-7-14(10-15)17-16(20)18-9-5-6-13(11-18)12(2)19/h4,7-8,10,12-13,19H,3,5-6,9,11H2,1-2H3,(H,17,20). The molecule has 1 aliphatic heterocycles. The lowest BCUT2D eigenvalue weighted by Gasteiger charge is -2.34. The van der Waals surface area contributed by atoms with Gasteiger partial charge in [0.2, 0.25) is 0 Å². The highest BCUT2D eigenvalue weighted by atomic mass is 16.5. The van der Waals surface area contributed by atoms with Gasteiger partial charge in [-0.3, -0.25) is 0 Å². The van der Waals surface area contributed by atoms with E-state index in [-0.39, 0.29) is 18.1 Å². The minimum atomic E-state index is -0.373. The highest BCUT2D eigenvalue weighted by Gasteiger charge is 2.26. The molecule has 21 heavy (non-hydrogen) atoms. The number of amides is 2. The van der Waals surface area contributed by atoms with Crippen LogP contribution < -0.4 is 10.1 Å². The number of piperidine rings is 1. The maximum atomic E-state index is 12.3. The average molecular weight is 292 g/mol. The number of ether oxygens (including phenoxy) is 1. The molecule has 5 nitrogen and oxygen atoms in total. The van der Waals surface area contributed by atoms with Crippen LogP contribution in [-0.4, -0.2) is 41.8 Å². The summed E-state index contributed by atoms with van der Waals surface area (Å²) in [4.78, 5) is 14.1. The molecule has 2 unspecified atom stereocenters. The number of hydrogen-bond acceptors (Lipinski definition) is 3. The van der Waals surface area contributed by atoms with Gasteiger partial charge in [0.05, 0.1) is 12.7 Å². The zero-order valence-electron chi connectivity index (χ0n) is 12.7. The number of rotatable bonds is 4. The normalized spacial score (nSPS) is 20.0. The predicted molar refractivity (Wildman–Crippen MR) is 82.6 cm³/mol. The molecule has 0 aromatic heterocycles. The predicted octanol–water partition coefficient (Wildman–Crippen LogP) is 2.71. The Morgan fingerprint density at radius 3 is 3.10 bits per heavy atom. The van der Waals surface area contributed by atoms with E-state index < -0.39 is 0 Å². The number of nitrogens with zero attached hydrogens (tertiary/aromatic N) is 1. The number of hydrogen-bond donors (Lipinski definition) is 2. The Balaban J connectivity index is 1.96. The quantitative estimate of drug-likeness (QED) is 0.897. The molecule has 116 valence electrons. The van der Waals surface area contributed by atoms with Gasteiger partial charge >= 0.3 is 6.03 Å². The van der Waals surface area contributed by atoms with Gasteiger partial charge in [0.1, 0.15) is 5.75 Å². The number of likely N-dealkylation sites (tertiary alicyclic amines) is 1. The maximum absolute atomic E-state index is 12.3. The summed E-state index contributed by atoms with van der Waals surface area (Å²) in [6.45, 7) is 5.65. The Morgan fingerprint density at radius 1 is 1.57 bits per heavy atom. The van der Waals surface area contributed by atoms with Gasteiger partial charge in [-0.25, -0.2) is 4.79 Å². The van der Waals surface area contributed by atoms with Crippen LogP contribution in [0.5, 0.6) is 5.75 Å². The van der Waals surface area contributed by atoms with E-state index >= 15 is 0 Å². The second-order valence-corrected chi connectivity index (χ2v) is 5.48. The summed E-state index contributed by atoms with van der Waals surface area (Å²) < 4.78 is 5.42. The van der Waals surface area contributed by atoms with Gasteiger partial charge in [-0.2, -0.15) is 0 Å². The molecular formula is C16H24N2O3. The van der Waals surface area contributed by atoms with Crippen molar-refractivity contribution in [2.24, 2.45) is 5.92 Å². The summed E-state index contributed by atoms with van der Waals surface area (Å²) >= 11 is 0. The van der Waals surface area contributed by atoms with E-state index in [4.69, 9.17) is 4.74 Å². The van der Waals surface area contributed by atoms with Crippen molar-refractivity contribution in [3.05, 3.63) is 24.3 Å². The van der Waals surface area contributed by atoms with E-state index in [1.807, 2.05) is 31.2 Å². The van der Waals surface area contributed by atoms with Crippen LogP contribution in [0.4, 0.5) is 10.5 Å². The summed E-state index contributed by atoms with van der Waals surface area (Å²) in [6, 6.07) is 7.27. The number of benzene rings is 1. The molecule has 2 rings (SSSR count). The zero-order valence-corrected chi connectivity index (χ0v) is 12.7. The van der Waals surface area contributed by atoms with Crippen molar-refractivity contribution >= 4 is 11.7 Å². The summed E-state index contributed by atoms with van der Waals surface area (Å²) in [7, 11) is 0. The first-order chi connectivity index (χ1) is 10.1. The summed E-state index contributed by atoms with van der Waals surface area (Å²) in [6.07, 6.45) is 1.53. The lowest BCUT2D eigenvalue weighted by molar-refractivity contribution is 0.0766. The molecule has 0 saturated carbocycles. The molecule has 2 amide bonds. The zero-order chi connectivity index (χ0) is 15.2. The summed E-state index contributed by atoms with van der Waals surface area (Å²) in [5, 5.41) is 12.6. The second-order valence-electron chi connectivity index (χ2n) is 5.48. The Morgan fingerprint density at radius 2 is 2.38 bits per heavy atom. The van der Waals surface area contributed by atoms with Gasteiger partial charge < -0.3 is 20.1 Å². The van der Waals surface area contributed by atoms with Crippen LogP contribution in [0.2, 0.25) is 0 Å². The van der Waals surface area contributed by atoms with E-state index in [1.165, 1.54) is 0 Å². The van der Waals surface area contributed by atoms with Gasteiger partial charge in [0, 0.05) is 30.8 Å². The number of carbonyl (C=O) groups excluding carboxylic acids is 1. The van der Waals surface area contributed by atoms with Gasteiger partial charge in [-0.05, 0) is 38.8 Å². The maximum Gasteiger partial charge on any atom is 0.321 e. The Hall–Kier alpha value is -1.75. The fourth-order valence-corrected chi connectivity index (χ4v) is 2.62. The van der Waals surface area contributed by atoms with E-state index in [0.29, 0.717) is 13.2 Å². The van der Waals surface area contributed by atoms with Crippen molar-refractivity contribution in [2.45, 2.75) is 32.8 Å². The molecule has 2 N–H and O–H groups in total. The van der Waals surface area contributed by atoms with Crippen molar-refractivity contribution < 1.29 is 14.6 Å². The van der Waals surface area contributed by atoms with Gasteiger partial charge in [-0.15, -0.1) is 0 Å². The summed E-state index contributed by atoms with van der Waals surface area (Å²) in [5.41, 5.74) is 0.727. The third kappa shape index (κ3) is 4.36. The SMILES string of the molecule is CCOc1cccc(NC(=O)N2CCCC(C(C)O)C2)c1. The van der Waals surface area contributed by atoms with Gasteiger partial charge in [0.25, 0.3) is 0 Å². The van der Waals surface area contributed by atoms with Crippen molar-refractivity contribution in [2.75, 3.05) is 25.0 Å². The minimum absolute atomic E-state index is 0.117. The van der Waals surface area contributed by atoms with Crippen LogP contribution in [0.15, 0.2) is 24.3 Å². The van der Waals surface area contributed by atoms with Crippen LogP contribution in [0.25, 0.3) is 0 Å². The molecular weight excluding hydrogens is 268 g/mol. The molecule has 1 heterocycles. The highest BCUT2D eigenvalue weighted by Crippen LogP contribution is 2.22. The Labute approximate surface area is 125 Å². The number of urea groups is 1. The van der Waals surface area contributed by atoms with E-state index in [9.17, 15) is 9.90 Å². The molecule has 2 atom stereocenters. The highest BCUT2D eigenvalue weighted by molar-refractivity contribution is 5.89. The largest absolute Gasteiger partial charge is 0.494 e. The van der Waals surface area contributed by atoms with Gasteiger partial charge in [0.15, 0.2) is 0 Å². The van der Waals surface area contributed by atoms with Crippen LogP contribution in [0, 0.1) is 5.92 Å². The average Bonchev–Trinajstić information content (AvgIpc) is 2.48. The van der Waals surface area contributed by atoms with Crippen molar-refractivity contribution in [3.8, 4) is 5.75 Å². The smallest absolute Gasteiger partial charge is 0.321 e. The first kappa shape index (κ1) is 15.6. The van der Waals surface area contributed by atoms with Crippen LogP contribution in [0.3, 0.4) is 0 Å². The molecule has 5 heteroatoms. The lowest BCUT2D eigenvalue weighted by atomic mass is 9.94. The van der Waals surface area contributed by atoms with Crippen LogP contribution in [-0.2, 0) is 0 Å². The molecule has 1 aliphatic rings.